The van der Waals surface area contributed by atoms with Gasteiger partial charge in [-0.15, -0.1) is 0 Å². The van der Waals surface area contributed by atoms with Crippen molar-refractivity contribution in [3.05, 3.63) is 32.8 Å². The fraction of sp³-hybridized carbons (Fsp3) is 0. The summed E-state index contributed by atoms with van der Waals surface area (Å²) in [6.07, 6.45) is 0. The van der Waals surface area contributed by atoms with Gasteiger partial charge in [-0.3, -0.25) is 0 Å². The van der Waals surface area contributed by atoms with Gasteiger partial charge in [0.15, 0.2) is 0 Å². The van der Waals surface area contributed by atoms with Gasteiger partial charge in [-0.25, -0.2) is 0 Å². The molecule has 0 bridgehead atoms. The third-order valence-electron chi connectivity index (χ3n) is 1.20. The van der Waals surface area contributed by atoms with Gasteiger partial charge in [0.2, 0.25) is 0 Å². The Morgan fingerprint density at radius 1 is 1.33 bits per heavy atom. The van der Waals surface area contributed by atoms with E-state index in [1.165, 1.54) is 8.52 Å². The van der Waals surface area contributed by atoms with E-state index in [2.05, 4.69) is 22.6 Å². The van der Waals surface area contributed by atoms with Gasteiger partial charge in [-0.05, 0) is 0 Å². The average Bonchev–Trinajstić information content (AvgIpc) is 2.33. The summed E-state index contributed by atoms with van der Waals surface area (Å²) in [4.78, 5) is 0. The second-order valence-corrected chi connectivity index (χ2v) is 7.22. The molecule has 9 heavy (non-hydrogen) atoms. The number of hydrogen-bond acceptors (Lipinski definition) is 2. The summed E-state index contributed by atoms with van der Waals surface area (Å²) in [6, 6.07) is 8.44. The molecular weight excluding hydrogens is 237 g/mol. The molecule has 0 aromatic heterocycles. The molecule has 1 nitrogen and oxygen atoms in total. The van der Waals surface area contributed by atoms with Gasteiger partial charge in [0.1, 0.15) is 0 Å². The van der Waals surface area contributed by atoms with Crippen LogP contribution in [-0.2, 0) is 0 Å². The van der Waals surface area contributed by atoms with Crippen LogP contribution in [0.5, 0.6) is 0 Å². The first-order valence-corrected chi connectivity index (χ1v) is 8.38. The van der Waals surface area contributed by atoms with Gasteiger partial charge in [0, 0.05) is 0 Å². The molecule has 0 spiro atoms. The zero-order valence-corrected chi connectivity index (χ0v) is 8.34. The monoisotopic (exact) mass is 242 g/mol. The van der Waals surface area contributed by atoms with Crippen LogP contribution < -0.4 is 5.36 Å². The van der Waals surface area contributed by atoms with Crippen LogP contribution in [0.4, 0.5) is 0 Å². The third-order valence-corrected chi connectivity index (χ3v) is 6.46. The van der Waals surface area contributed by atoms with Crippen molar-refractivity contribution in [2.45, 2.75) is 0 Å². The summed E-state index contributed by atoms with van der Waals surface area (Å²) < 4.78 is 5.82. The molecule has 1 radical (unpaired) electrons. The Balaban J connectivity index is 2.97. The van der Waals surface area contributed by atoms with Crippen molar-refractivity contribution in [3.63, 3.8) is 0 Å². The molecule has 3 heteroatoms. The Bertz CT molecular complexity index is 300. The van der Waals surface area contributed by atoms with Crippen molar-refractivity contribution >= 4 is 28.4 Å². The molecule has 1 heterocycles. The molecule has 0 amide bonds. The van der Waals surface area contributed by atoms with Crippen LogP contribution in [0.3, 0.4) is 0 Å². The van der Waals surface area contributed by atoms with Gasteiger partial charge in [-0.1, -0.05) is 0 Å². The molecular formula is C6H4NSSn. The molecule has 1 aromatic rings. The molecule has 0 saturated heterocycles. The number of benzene rings is 1. The van der Waals surface area contributed by atoms with Crippen LogP contribution in [0.15, 0.2) is 28.7 Å². The van der Waals surface area contributed by atoms with Crippen LogP contribution in [0.2, 0.25) is 0 Å². The standard InChI is InChI=1S/C6H5NS.Sn/c8-7-6-4-2-1-3-5-6;/h1-4,8H;/q;+1/p-1. The Labute approximate surface area is 65.5 Å². The predicted octanol–water partition coefficient (Wildman–Crippen LogP) is 0.838. The molecule has 0 fully saturated rings. The van der Waals surface area contributed by atoms with E-state index in [1.54, 1.807) is 9.13 Å². The molecule has 0 atom stereocenters. The summed E-state index contributed by atoms with van der Waals surface area (Å²) in [5.41, 5.74) is 0. The number of fused-ring (bicyclic) bond motifs is 1. The van der Waals surface area contributed by atoms with E-state index in [0.29, 0.717) is 0 Å². The molecule has 2 rings (SSSR count). The minimum atomic E-state index is -0.307. The fourth-order valence-electron chi connectivity index (χ4n) is 0.761. The SMILES string of the molecule is c1cc[c]2c(c1)=N[S][Sn]=2. The van der Waals surface area contributed by atoms with Crippen LogP contribution in [0.1, 0.15) is 0 Å². The van der Waals surface area contributed by atoms with Crippen molar-refractivity contribution in [1.82, 2.24) is 0 Å². The molecule has 43 valence electrons. The topological polar surface area (TPSA) is 12.4 Å². The number of hydrogen-bond donors (Lipinski definition) is 0. The summed E-state index contributed by atoms with van der Waals surface area (Å²) >= 11 is -0.307. The quantitative estimate of drug-likeness (QED) is 0.484. The van der Waals surface area contributed by atoms with Gasteiger partial charge < -0.3 is 0 Å². The second kappa shape index (κ2) is 2.42. The predicted molar refractivity (Wildman–Crippen MR) is 39.8 cm³/mol. The van der Waals surface area contributed by atoms with Gasteiger partial charge in [0.05, 0.1) is 0 Å². The number of nitrogens with zero attached hydrogens (tertiary/aromatic N) is 1. The first kappa shape index (κ1) is 5.92. The van der Waals surface area contributed by atoms with Crippen molar-refractivity contribution in [2.75, 3.05) is 0 Å². The molecule has 1 aliphatic heterocycles. The Morgan fingerprint density at radius 2 is 2.22 bits per heavy atom. The maximum absolute atomic E-state index is 4.29. The van der Waals surface area contributed by atoms with Crippen LogP contribution in [-0.4, -0.2) is 19.3 Å². The Morgan fingerprint density at radius 3 is 3.11 bits per heavy atom. The maximum atomic E-state index is 4.29. The van der Waals surface area contributed by atoms with Gasteiger partial charge in [0.25, 0.3) is 0 Å². The van der Waals surface area contributed by atoms with Crippen molar-refractivity contribution in [2.24, 2.45) is 4.40 Å². The first-order chi connectivity index (χ1) is 4.47. The average molecular weight is 241 g/mol. The van der Waals surface area contributed by atoms with E-state index < -0.39 is 0 Å². The van der Waals surface area contributed by atoms with Crippen LogP contribution in [0.25, 0.3) is 0 Å². The summed E-state index contributed by atoms with van der Waals surface area (Å²) in [5.74, 6) is 0. The number of rotatable bonds is 0. The zero-order valence-electron chi connectivity index (χ0n) is 4.66. The van der Waals surface area contributed by atoms with E-state index >= 15 is 0 Å². The van der Waals surface area contributed by atoms with Crippen molar-refractivity contribution in [1.29, 1.82) is 0 Å². The van der Waals surface area contributed by atoms with Gasteiger partial charge in [-0.2, -0.15) is 0 Å². The molecule has 0 saturated carbocycles. The summed E-state index contributed by atoms with van der Waals surface area (Å²) in [7, 11) is 1.80. The normalized spacial score (nSPS) is 13.8. The molecule has 1 aromatic carbocycles. The van der Waals surface area contributed by atoms with E-state index in [0.717, 1.165) is 0 Å². The third kappa shape index (κ3) is 1.05. The Hall–Kier alpha value is 0.169. The first-order valence-electron chi connectivity index (χ1n) is 2.69. The summed E-state index contributed by atoms with van der Waals surface area (Å²) in [5, 5.41) is 1.23. The Kier molecular flexibility index (Phi) is 1.59. The summed E-state index contributed by atoms with van der Waals surface area (Å²) in [6.45, 7) is 0. The molecule has 0 unspecified atom stereocenters. The van der Waals surface area contributed by atoms with E-state index in [-0.39, 0.29) is 19.3 Å². The minimum absolute atomic E-state index is 0.307. The molecule has 0 N–H and O–H groups in total. The van der Waals surface area contributed by atoms with Gasteiger partial charge >= 0.3 is 65.6 Å². The van der Waals surface area contributed by atoms with E-state index in [1.807, 2.05) is 6.07 Å². The van der Waals surface area contributed by atoms with Crippen LogP contribution in [0, 0.1) is 3.16 Å². The van der Waals surface area contributed by atoms with E-state index in [4.69, 9.17) is 0 Å². The second-order valence-electron chi connectivity index (χ2n) is 1.80. The molecule has 1 aliphatic rings. The van der Waals surface area contributed by atoms with Crippen molar-refractivity contribution < 1.29 is 0 Å². The van der Waals surface area contributed by atoms with E-state index in [9.17, 15) is 0 Å². The molecule has 0 aliphatic carbocycles. The van der Waals surface area contributed by atoms with Crippen molar-refractivity contribution in [3.8, 4) is 0 Å². The van der Waals surface area contributed by atoms with Crippen LogP contribution >= 0.6 is 9.13 Å². The fourth-order valence-corrected chi connectivity index (χ4v) is 5.79. The zero-order chi connectivity index (χ0) is 6.10.